The Morgan fingerprint density at radius 2 is 1.66 bits per heavy atom. The molecule has 1 fully saturated rings. The van der Waals surface area contributed by atoms with Crippen LogP contribution in [-0.2, 0) is 21.1 Å². The van der Waals surface area contributed by atoms with E-state index < -0.39 is 14.6 Å². The lowest BCUT2D eigenvalue weighted by atomic mass is 9.80. The lowest BCUT2D eigenvalue weighted by Crippen LogP contribution is -2.35. The van der Waals surface area contributed by atoms with Gasteiger partial charge < -0.3 is 9.47 Å². The SMILES string of the molecule is COc1ccc(CCCC(=O)C2CCC(CS(=O)(=O)C(C)(C)C)CC2)cc1OC. The van der Waals surface area contributed by atoms with Crippen molar-refractivity contribution in [3.8, 4) is 11.5 Å². The standard InChI is InChI=1S/C23H36O5S/c1-23(2,3)29(25,26)16-18-9-12-19(13-10-18)20(24)8-6-7-17-11-14-21(27-4)22(15-17)28-5/h11,14-15,18-19H,6-10,12-13,16H2,1-5H3. The molecule has 0 heterocycles. The first-order valence-electron chi connectivity index (χ1n) is 10.5. The van der Waals surface area contributed by atoms with Gasteiger partial charge in [-0.05, 0) is 82.9 Å². The first kappa shape index (κ1) is 23.7. The largest absolute Gasteiger partial charge is 0.493 e. The number of carbonyl (C=O) groups is 1. The number of aryl methyl sites for hydroxylation is 1. The van der Waals surface area contributed by atoms with Crippen LogP contribution in [0.1, 0.15) is 64.9 Å². The van der Waals surface area contributed by atoms with Gasteiger partial charge in [0, 0.05) is 12.3 Å². The minimum absolute atomic E-state index is 0.0917. The molecule has 1 aromatic carbocycles. The summed E-state index contributed by atoms with van der Waals surface area (Å²) in [5, 5.41) is 0. The zero-order chi connectivity index (χ0) is 21.7. The van der Waals surface area contributed by atoms with Gasteiger partial charge >= 0.3 is 0 Å². The fourth-order valence-corrected chi connectivity index (χ4v) is 5.37. The molecular weight excluding hydrogens is 388 g/mol. The second kappa shape index (κ2) is 9.96. The highest BCUT2D eigenvalue weighted by Crippen LogP contribution is 2.33. The lowest BCUT2D eigenvalue weighted by molar-refractivity contribution is -0.124. The molecule has 6 heteroatoms. The van der Waals surface area contributed by atoms with Gasteiger partial charge in [0.2, 0.25) is 0 Å². The number of ether oxygens (including phenoxy) is 2. The van der Waals surface area contributed by atoms with Crippen molar-refractivity contribution < 1.29 is 22.7 Å². The average Bonchev–Trinajstić information content (AvgIpc) is 2.67. The topological polar surface area (TPSA) is 69.7 Å². The van der Waals surface area contributed by atoms with Gasteiger partial charge in [-0.25, -0.2) is 8.42 Å². The first-order chi connectivity index (χ1) is 13.6. The van der Waals surface area contributed by atoms with Gasteiger partial charge in [-0.3, -0.25) is 4.79 Å². The number of methoxy groups -OCH3 is 2. The Bertz CT molecular complexity index is 784. The van der Waals surface area contributed by atoms with Crippen LogP contribution in [0.5, 0.6) is 11.5 Å². The van der Waals surface area contributed by atoms with Gasteiger partial charge in [-0.1, -0.05) is 6.07 Å². The molecule has 0 atom stereocenters. The molecule has 0 radical (unpaired) electrons. The van der Waals surface area contributed by atoms with Gasteiger partial charge in [0.15, 0.2) is 21.3 Å². The van der Waals surface area contributed by atoms with Crippen molar-refractivity contribution in [1.82, 2.24) is 0 Å². The molecule has 0 amide bonds. The minimum atomic E-state index is -3.09. The summed E-state index contributed by atoms with van der Waals surface area (Å²) < 4.78 is 34.7. The Labute approximate surface area is 176 Å². The summed E-state index contributed by atoms with van der Waals surface area (Å²) in [5.74, 6) is 2.26. The quantitative estimate of drug-likeness (QED) is 0.579. The van der Waals surface area contributed by atoms with Gasteiger partial charge in [0.1, 0.15) is 5.78 Å². The summed E-state index contributed by atoms with van der Waals surface area (Å²) in [7, 11) is 0.139. The molecule has 1 saturated carbocycles. The summed E-state index contributed by atoms with van der Waals surface area (Å²) in [6.07, 6.45) is 5.52. The fraction of sp³-hybridized carbons (Fsp3) is 0.696. The maximum atomic E-state index is 12.6. The number of ketones is 1. The Balaban J connectivity index is 1.77. The third-order valence-corrected chi connectivity index (χ3v) is 8.80. The molecule has 5 nitrogen and oxygen atoms in total. The maximum Gasteiger partial charge on any atom is 0.160 e. The number of rotatable bonds is 9. The number of carbonyl (C=O) groups excluding carboxylic acids is 1. The maximum absolute atomic E-state index is 12.6. The molecule has 1 aliphatic rings. The van der Waals surface area contributed by atoms with E-state index in [-0.39, 0.29) is 17.6 Å². The van der Waals surface area contributed by atoms with E-state index in [0.717, 1.165) is 44.1 Å². The molecule has 1 aliphatic carbocycles. The van der Waals surface area contributed by atoms with Gasteiger partial charge in [0.25, 0.3) is 0 Å². The van der Waals surface area contributed by atoms with E-state index in [2.05, 4.69) is 0 Å². The van der Waals surface area contributed by atoms with E-state index in [1.165, 1.54) is 0 Å². The van der Waals surface area contributed by atoms with E-state index in [1.54, 1.807) is 35.0 Å². The van der Waals surface area contributed by atoms with E-state index in [4.69, 9.17) is 9.47 Å². The summed E-state index contributed by atoms with van der Waals surface area (Å²) in [6.45, 7) is 5.28. The van der Waals surface area contributed by atoms with Crippen molar-refractivity contribution in [2.45, 2.75) is 70.5 Å². The van der Waals surface area contributed by atoms with Gasteiger partial charge in [-0.15, -0.1) is 0 Å². The molecule has 0 saturated heterocycles. The van der Waals surface area contributed by atoms with Crippen molar-refractivity contribution >= 4 is 15.6 Å². The van der Waals surface area contributed by atoms with Crippen LogP contribution in [0, 0.1) is 11.8 Å². The number of hydrogen-bond acceptors (Lipinski definition) is 5. The molecule has 164 valence electrons. The summed E-state index contributed by atoms with van der Waals surface area (Å²) in [6, 6.07) is 5.86. The zero-order valence-corrected chi connectivity index (χ0v) is 19.3. The average molecular weight is 425 g/mol. The molecule has 0 unspecified atom stereocenters. The van der Waals surface area contributed by atoms with Crippen LogP contribution in [-0.4, -0.2) is 38.9 Å². The van der Waals surface area contributed by atoms with Crippen molar-refractivity contribution in [2.24, 2.45) is 11.8 Å². The molecule has 29 heavy (non-hydrogen) atoms. The van der Waals surface area contributed by atoms with E-state index in [0.29, 0.717) is 23.7 Å². The lowest BCUT2D eigenvalue weighted by Gasteiger charge is -2.30. The normalized spacial score (nSPS) is 20.3. The van der Waals surface area contributed by atoms with Crippen LogP contribution in [0.4, 0.5) is 0 Å². The Morgan fingerprint density at radius 3 is 2.21 bits per heavy atom. The van der Waals surface area contributed by atoms with Crippen LogP contribution in [0.3, 0.4) is 0 Å². The van der Waals surface area contributed by atoms with E-state index >= 15 is 0 Å². The van der Waals surface area contributed by atoms with Gasteiger partial charge in [-0.2, -0.15) is 0 Å². The third-order valence-electron chi connectivity index (χ3n) is 6.03. The number of hydrogen-bond donors (Lipinski definition) is 0. The fourth-order valence-electron chi connectivity index (χ4n) is 3.92. The molecule has 0 bridgehead atoms. The molecule has 0 aliphatic heterocycles. The third kappa shape index (κ3) is 6.46. The van der Waals surface area contributed by atoms with Gasteiger partial charge in [0.05, 0.1) is 24.7 Å². The number of benzene rings is 1. The molecular formula is C23H36O5S. The number of Topliss-reactive ketones (excluding diaryl/α,β-unsaturated/α-hetero) is 1. The Morgan fingerprint density at radius 1 is 1.03 bits per heavy atom. The highest BCUT2D eigenvalue weighted by molar-refractivity contribution is 7.92. The van der Waals surface area contributed by atoms with Crippen LogP contribution in [0.15, 0.2) is 18.2 Å². The van der Waals surface area contributed by atoms with Crippen LogP contribution in [0.2, 0.25) is 0 Å². The Hall–Kier alpha value is -1.56. The molecule has 0 N–H and O–H groups in total. The van der Waals surface area contributed by atoms with Crippen LogP contribution < -0.4 is 9.47 Å². The van der Waals surface area contributed by atoms with Crippen molar-refractivity contribution in [1.29, 1.82) is 0 Å². The van der Waals surface area contributed by atoms with Crippen LogP contribution >= 0.6 is 0 Å². The summed E-state index contributed by atoms with van der Waals surface area (Å²) in [5.41, 5.74) is 1.13. The van der Waals surface area contributed by atoms with Crippen molar-refractivity contribution in [2.75, 3.05) is 20.0 Å². The van der Waals surface area contributed by atoms with E-state index in [1.807, 2.05) is 18.2 Å². The predicted octanol–water partition coefficient (Wildman–Crippen LogP) is 4.62. The molecule has 0 aromatic heterocycles. The van der Waals surface area contributed by atoms with Crippen LogP contribution in [0.25, 0.3) is 0 Å². The minimum Gasteiger partial charge on any atom is -0.493 e. The van der Waals surface area contributed by atoms with Crippen molar-refractivity contribution in [3.05, 3.63) is 23.8 Å². The Kier molecular flexibility index (Phi) is 8.15. The predicted molar refractivity (Wildman–Crippen MR) is 116 cm³/mol. The zero-order valence-electron chi connectivity index (χ0n) is 18.5. The van der Waals surface area contributed by atoms with Crippen molar-refractivity contribution in [3.63, 3.8) is 0 Å². The molecule has 1 aromatic rings. The highest BCUT2D eigenvalue weighted by atomic mass is 32.2. The second-order valence-corrected chi connectivity index (χ2v) is 11.9. The molecule has 2 rings (SSSR count). The highest BCUT2D eigenvalue weighted by Gasteiger charge is 2.34. The summed E-state index contributed by atoms with van der Waals surface area (Å²) >= 11 is 0. The van der Waals surface area contributed by atoms with E-state index in [9.17, 15) is 13.2 Å². The monoisotopic (exact) mass is 424 g/mol. The first-order valence-corrected chi connectivity index (χ1v) is 12.2. The second-order valence-electron chi connectivity index (χ2n) is 9.12. The number of sulfone groups is 1. The smallest absolute Gasteiger partial charge is 0.160 e. The summed E-state index contributed by atoms with van der Waals surface area (Å²) in [4.78, 5) is 12.6. The molecule has 0 spiro atoms.